The maximum absolute atomic E-state index is 10.8. The van der Waals surface area contributed by atoms with Gasteiger partial charge in [-0.1, -0.05) is 0 Å². The van der Waals surface area contributed by atoms with Gasteiger partial charge >= 0.3 is 0 Å². The van der Waals surface area contributed by atoms with E-state index in [1.54, 1.807) is 12.3 Å². The highest BCUT2D eigenvalue weighted by Gasteiger charge is 2.00. The molecule has 0 aromatic carbocycles. The summed E-state index contributed by atoms with van der Waals surface area (Å²) >= 11 is 0. The van der Waals surface area contributed by atoms with Crippen LogP contribution >= 0.6 is 0 Å². The topological polar surface area (TPSA) is 78.7 Å². The quantitative estimate of drug-likeness (QED) is 0.769. The first-order valence-corrected chi connectivity index (χ1v) is 6.64. The number of aromatic nitrogens is 2. The Kier molecular flexibility index (Phi) is 4.86. The van der Waals surface area contributed by atoms with E-state index in [2.05, 4.69) is 15.3 Å². The zero-order valence-electron chi connectivity index (χ0n) is 9.36. The Bertz CT molecular complexity index is 427. The van der Waals surface area contributed by atoms with E-state index in [9.17, 15) is 4.21 Å². The average Bonchev–Trinajstić information content (AvgIpc) is 2.23. The Balaban J connectivity index is 2.51. The molecule has 0 spiro atoms. The van der Waals surface area contributed by atoms with Crippen LogP contribution in [0.4, 0.5) is 5.95 Å². The third-order valence-corrected chi connectivity index (χ3v) is 2.72. The Labute approximate surface area is 97.4 Å². The molecule has 1 rings (SSSR count). The zero-order valence-corrected chi connectivity index (χ0v) is 10.2. The monoisotopic (exact) mass is 238 g/mol. The van der Waals surface area contributed by atoms with Crippen molar-refractivity contribution in [3.8, 4) is 6.07 Å². The maximum Gasteiger partial charge on any atom is 0.224 e. The molecule has 0 aliphatic rings. The molecule has 1 atom stereocenters. The molecule has 0 saturated heterocycles. The van der Waals surface area contributed by atoms with Gasteiger partial charge in [-0.25, -0.2) is 9.97 Å². The standard InChI is InChI=1S/C10H14N4OS/c1-8-6-9(7-11)14-10(13-8)12-4-3-5-16(2)15/h6H,3-5H2,1-2H3,(H,12,13,14). The van der Waals surface area contributed by atoms with Gasteiger partial charge in [0, 0.05) is 35.0 Å². The molecular formula is C10H14N4OS. The van der Waals surface area contributed by atoms with Crippen LogP contribution in [-0.4, -0.2) is 32.7 Å². The maximum atomic E-state index is 10.8. The summed E-state index contributed by atoms with van der Waals surface area (Å²) in [6.45, 7) is 2.47. The fraction of sp³-hybridized carbons (Fsp3) is 0.500. The Morgan fingerprint density at radius 2 is 2.31 bits per heavy atom. The summed E-state index contributed by atoms with van der Waals surface area (Å²) in [5.41, 5.74) is 1.11. The average molecular weight is 238 g/mol. The zero-order chi connectivity index (χ0) is 12.0. The third kappa shape index (κ3) is 4.36. The van der Waals surface area contributed by atoms with Crippen LogP contribution in [0.5, 0.6) is 0 Å². The molecule has 0 saturated carbocycles. The predicted octanol–water partition coefficient (Wildman–Crippen LogP) is 0.837. The number of nitrogens with one attached hydrogen (secondary N) is 1. The van der Waals surface area contributed by atoms with Crippen molar-refractivity contribution in [1.82, 2.24) is 9.97 Å². The van der Waals surface area contributed by atoms with Gasteiger partial charge < -0.3 is 5.32 Å². The highest BCUT2D eigenvalue weighted by atomic mass is 32.2. The molecule has 1 heterocycles. The van der Waals surface area contributed by atoms with Crippen LogP contribution in [0.25, 0.3) is 0 Å². The van der Waals surface area contributed by atoms with Crippen LogP contribution in [-0.2, 0) is 10.8 Å². The second kappa shape index (κ2) is 6.18. The van der Waals surface area contributed by atoms with E-state index in [1.165, 1.54) is 0 Å². The van der Waals surface area contributed by atoms with Crippen molar-refractivity contribution in [3.63, 3.8) is 0 Å². The Morgan fingerprint density at radius 3 is 2.94 bits per heavy atom. The van der Waals surface area contributed by atoms with Crippen molar-refractivity contribution in [2.45, 2.75) is 13.3 Å². The Hall–Kier alpha value is -1.48. The summed E-state index contributed by atoms with van der Waals surface area (Å²) < 4.78 is 10.8. The fourth-order valence-electron chi connectivity index (χ4n) is 1.18. The summed E-state index contributed by atoms with van der Waals surface area (Å²) in [7, 11) is -0.767. The molecule has 86 valence electrons. The highest BCUT2D eigenvalue weighted by Crippen LogP contribution is 2.03. The Morgan fingerprint density at radius 1 is 1.56 bits per heavy atom. The van der Waals surface area contributed by atoms with Crippen LogP contribution in [0, 0.1) is 18.3 Å². The molecule has 0 fully saturated rings. The fourth-order valence-corrected chi connectivity index (χ4v) is 1.73. The van der Waals surface area contributed by atoms with Crippen LogP contribution in [0.15, 0.2) is 6.07 Å². The molecule has 5 nitrogen and oxygen atoms in total. The van der Waals surface area contributed by atoms with E-state index in [4.69, 9.17) is 5.26 Å². The molecule has 0 aliphatic carbocycles. The van der Waals surface area contributed by atoms with Gasteiger partial charge in [0.05, 0.1) is 0 Å². The van der Waals surface area contributed by atoms with E-state index < -0.39 is 10.8 Å². The van der Waals surface area contributed by atoms with Gasteiger partial charge in [0.1, 0.15) is 11.8 Å². The molecule has 1 unspecified atom stereocenters. The minimum atomic E-state index is -0.767. The molecule has 0 amide bonds. The smallest absolute Gasteiger partial charge is 0.224 e. The summed E-state index contributed by atoms with van der Waals surface area (Å²) in [6, 6.07) is 3.61. The van der Waals surface area contributed by atoms with Crippen LogP contribution < -0.4 is 5.32 Å². The van der Waals surface area contributed by atoms with Crippen LogP contribution in [0.2, 0.25) is 0 Å². The van der Waals surface area contributed by atoms with Crippen molar-refractivity contribution >= 4 is 16.7 Å². The summed E-state index contributed by atoms with van der Waals surface area (Å²) in [5.74, 6) is 1.11. The van der Waals surface area contributed by atoms with E-state index in [-0.39, 0.29) is 0 Å². The number of aryl methyl sites for hydroxylation is 1. The molecule has 0 radical (unpaired) electrons. The first-order chi connectivity index (χ1) is 7.61. The summed E-state index contributed by atoms with van der Waals surface area (Å²) in [6.07, 6.45) is 2.47. The summed E-state index contributed by atoms with van der Waals surface area (Å²) in [5, 5.41) is 11.7. The van der Waals surface area contributed by atoms with Gasteiger partial charge in [-0.2, -0.15) is 5.26 Å². The molecule has 0 aliphatic heterocycles. The van der Waals surface area contributed by atoms with E-state index in [0.717, 1.165) is 12.1 Å². The van der Waals surface area contributed by atoms with E-state index >= 15 is 0 Å². The molecule has 0 bridgehead atoms. The first kappa shape index (κ1) is 12.6. The predicted molar refractivity (Wildman–Crippen MR) is 63.5 cm³/mol. The normalized spacial score (nSPS) is 11.8. The lowest BCUT2D eigenvalue weighted by Crippen LogP contribution is -2.09. The van der Waals surface area contributed by atoms with E-state index in [1.807, 2.05) is 13.0 Å². The number of rotatable bonds is 5. The van der Waals surface area contributed by atoms with Crippen LogP contribution in [0.1, 0.15) is 17.8 Å². The number of hydrogen-bond donors (Lipinski definition) is 1. The lowest BCUT2D eigenvalue weighted by atomic mass is 10.3. The SMILES string of the molecule is Cc1cc(C#N)nc(NCCCS(C)=O)n1. The van der Waals surface area contributed by atoms with Gasteiger partial charge in [0.2, 0.25) is 5.95 Å². The number of nitriles is 1. The minimum absolute atomic E-state index is 0.356. The van der Waals surface area contributed by atoms with Gasteiger partial charge in [-0.05, 0) is 19.4 Å². The van der Waals surface area contributed by atoms with E-state index in [0.29, 0.717) is 23.9 Å². The van der Waals surface area contributed by atoms with Gasteiger partial charge in [-0.15, -0.1) is 0 Å². The van der Waals surface area contributed by atoms with Crippen molar-refractivity contribution in [1.29, 1.82) is 5.26 Å². The second-order valence-electron chi connectivity index (χ2n) is 3.39. The van der Waals surface area contributed by atoms with Gasteiger partial charge in [-0.3, -0.25) is 4.21 Å². The first-order valence-electron chi connectivity index (χ1n) is 4.91. The number of anilines is 1. The molecule has 16 heavy (non-hydrogen) atoms. The second-order valence-corrected chi connectivity index (χ2v) is 4.94. The van der Waals surface area contributed by atoms with Gasteiger partial charge in [0.25, 0.3) is 0 Å². The highest BCUT2D eigenvalue weighted by molar-refractivity contribution is 7.84. The van der Waals surface area contributed by atoms with Crippen molar-refractivity contribution in [2.24, 2.45) is 0 Å². The lowest BCUT2D eigenvalue weighted by molar-refractivity contribution is 0.685. The van der Waals surface area contributed by atoms with Crippen LogP contribution in [0.3, 0.4) is 0 Å². The molecule has 1 aromatic heterocycles. The molecule has 1 N–H and O–H groups in total. The minimum Gasteiger partial charge on any atom is -0.354 e. The van der Waals surface area contributed by atoms with Crippen molar-refractivity contribution in [2.75, 3.05) is 23.9 Å². The lowest BCUT2D eigenvalue weighted by Gasteiger charge is -2.04. The van der Waals surface area contributed by atoms with Crippen molar-refractivity contribution in [3.05, 3.63) is 17.5 Å². The number of nitrogens with zero attached hydrogens (tertiary/aromatic N) is 3. The molecular weight excluding hydrogens is 224 g/mol. The number of hydrogen-bond acceptors (Lipinski definition) is 5. The molecule has 6 heteroatoms. The summed E-state index contributed by atoms with van der Waals surface area (Å²) in [4.78, 5) is 8.16. The largest absolute Gasteiger partial charge is 0.354 e. The van der Waals surface area contributed by atoms with Crippen molar-refractivity contribution < 1.29 is 4.21 Å². The molecule has 1 aromatic rings. The third-order valence-electron chi connectivity index (χ3n) is 1.86. The van der Waals surface area contributed by atoms with Gasteiger partial charge in [0.15, 0.2) is 0 Å².